The first kappa shape index (κ1) is 11.0. The highest BCUT2D eigenvalue weighted by Gasteiger charge is 2.22. The predicted molar refractivity (Wildman–Crippen MR) is 46.5 cm³/mol. The van der Waals surface area contributed by atoms with Crippen LogP contribution in [0.25, 0.3) is 0 Å². The molecule has 0 spiro atoms. The molecule has 0 radical (unpaired) electrons. The molecule has 76 valence electrons. The Morgan fingerprint density at radius 1 is 1.43 bits per heavy atom. The number of carbonyl (C=O) groups is 1. The maximum Gasteiger partial charge on any atom is 0.300 e. The zero-order valence-corrected chi connectivity index (χ0v) is 7.91. The first-order chi connectivity index (χ1) is 6.43. The van der Waals surface area contributed by atoms with Gasteiger partial charge in [0.05, 0.1) is 5.56 Å². The molecule has 0 aliphatic rings. The van der Waals surface area contributed by atoms with Crippen molar-refractivity contribution in [2.75, 3.05) is 0 Å². The molecule has 1 aromatic carbocycles. The van der Waals surface area contributed by atoms with Gasteiger partial charge in [-0.15, -0.1) is 0 Å². The van der Waals surface area contributed by atoms with Crippen LogP contribution < -0.4 is 0 Å². The Morgan fingerprint density at radius 3 is 2.50 bits per heavy atom. The molecule has 0 bridgehead atoms. The van der Waals surface area contributed by atoms with Gasteiger partial charge < -0.3 is 0 Å². The van der Waals surface area contributed by atoms with Gasteiger partial charge in [0.15, 0.2) is 0 Å². The minimum atomic E-state index is -3.20. The summed E-state index contributed by atoms with van der Waals surface area (Å²) in [4.78, 5) is 10.8. The van der Waals surface area contributed by atoms with Crippen LogP contribution in [0.15, 0.2) is 12.1 Å². The molecule has 1 rings (SSSR count). The van der Waals surface area contributed by atoms with Gasteiger partial charge in [-0.3, -0.25) is 4.79 Å². The van der Waals surface area contributed by atoms with Gasteiger partial charge in [0, 0.05) is 5.02 Å². The van der Waals surface area contributed by atoms with E-state index in [1.54, 1.807) is 0 Å². The Labute approximate surface area is 83.5 Å². The number of Topliss-reactive ketones (excluding diaryl/α,β-unsaturated/α-hetero) is 1. The first-order valence-corrected chi connectivity index (χ1v) is 4.09. The predicted octanol–water partition coefficient (Wildman–Crippen LogP) is 3.24. The van der Waals surface area contributed by atoms with Gasteiger partial charge >= 0.3 is 6.43 Å². The third-order valence-electron chi connectivity index (χ3n) is 1.71. The van der Waals surface area contributed by atoms with Crippen molar-refractivity contribution in [1.29, 1.82) is 0 Å². The summed E-state index contributed by atoms with van der Waals surface area (Å²) in [6.45, 7) is 1.50. The van der Waals surface area contributed by atoms with Gasteiger partial charge in [-0.25, -0.2) is 13.2 Å². The zero-order chi connectivity index (χ0) is 10.9. The van der Waals surface area contributed by atoms with Gasteiger partial charge in [-0.2, -0.15) is 0 Å². The maximum absolute atomic E-state index is 13.0. The van der Waals surface area contributed by atoms with E-state index in [0.717, 1.165) is 12.1 Å². The molecule has 0 aliphatic carbocycles. The number of halogens is 4. The third-order valence-corrected chi connectivity index (χ3v) is 2.12. The van der Waals surface area contributed by atoms with Gasteiger partial charge in [0.1, 0.15) is 5.82 Å². The molecule has 0 N–H and O–H groups in total. The smallest absolute Gasteiger partial charge is 0.288 e. The average molecular weight is 223 g/mol. The molecule has 0 heterocycles. The van der Waals surface area contributed by atoms with Gasteiger partial charge in [0.25, 0.3) is 0 Å². The fourth-order valence-corrected chi connectivity index (χ4v) is 1.11. The van der Waals surface area contributed by atoms with Crippen LogP contribution in [0, 0.1) is 12.7 Å². The van der Waals surface area contributed by atoms with E-state index in [1.807, 2.05) is 0 Å². The Bertz CT molecular complexity index is 377. The molecule has 0 amide bonds. The van der Waals surface area contributed by atoms with Gasteiger partial charge in [-0.05, 0) is 24.6 Å². The SMILES string of the molecule is Cc1cc(C(=O)C(F)F)c(F)cc1Cl. The van der Waals surface area contributed by atoms with Crippen LogP contribution in [0.5, 0.6) is 0 Å². The fourth-order valence-electron chi connectivity index (χ4n) is 0.964. The van der Waals surface area contributed by atoms with Crippen LogP contribution in [0.4, 0.5) is 13.2 Å². The topological polar surface area (TPSA) is 17.1 Å². The van der Waals surface area contributed by atoms with E-state index in [9.17, 15) is 18.0 Å². The van der Waals surface area contributed by atoms with Gasteiger partial charge in [-0.1, -0.05) is 11.6 Å². The van der Waals surface area contributed by atoms with E-state index in [0.29, 0.717) is 5.56 Å². The van der Waals surface area contributed by atoms with Crippen molar-refractivity contribution < 1.29 is 18.0 Å². The van der Waals surface area contributed by atoms with E-state index in [4.69, 9.17) is 11.6 Å². The second-order valence-electron chi connectivity index (χ2n) is 2.75. The molecule has 5 heteroatoms. The second-order valence-corrected chi connectivity index (χ2v) is 3.15. The summed E-state index contributed by atoms with van der Waals surface area (Å²) in [6.07, 6.45) is -3.20. The molecule has 0 fully saturated rings. The number of carbonyl (C=O) groups excluding carboxylic acids is 1. The number of hydrogen-bond donors (Lipinski definition) is 0. The van der Waals surface area contributed by atoms with Crippen molar-refractivity contribution >= 4 is 17.4 Å². The van der Waals surface area contributed by atoms with E-state index >= 15 is 0 Å². The van der Waals surface area contributed by atoms with Gasteiger partial charge in [0.2, 0.25) is 5.78 Å². The first-order valence-electron chi connectivity index (χ1n) is 3.71. The highest BCUT2D eigenvalue weighted by Crippen LogP contribution is 2.21. The summed E-state index contributed by atoms with van der Waals surface area (Å²) in [5.41, 5.74) is -0.237. The Balaban J connectivity index is 3.22. The molecule has 0 atom stereocenters. The third kappa shape index (κ3) is 2.07. The number of hydrogen-bond acceptors (Lipinski definition) is 1. The van der Waals surface area contributed by atoms with Crippen molar-refractivity contribution in [3.05, 3.63) is 34.1 Å². The molecule has 0 unspecified atom stereocenters. The molecule has 0 saturated heterocycles. The van der Waals surface area contributed by atoms with Crippen LogP contribution in [-0.4, -0.2) is 12.2 Å². The van der Waals surface area contributed by atoms with E-state index in [-0.39, 0.29) is 5.02 Å². The Kier molecular flexibility index (Phi) is 3.16. The number of alkyl halides is 2. The molecule has 14 heavy (non-hydrogen) atoms. The van der Waals surface area contributed by atoms with E-state index < -0.39 is 23.6 Å². The van der Waals surface area contributed by atoms with Crippen molar-refractivity contribution in [2.45, 2.75) is 13.3 Å². The Morgan fingerprint density at radius 2 is 2.00 bits per heavy atom. The van der Waals surface area contributed by atoms with Crippen LogP contribution in [-0.2, 0) is 0 Å². The molecular weight excluding hydrogens is 217 g/mol. The minimum absolute atomic E-state index is 0.105. The van der Waals surface area contributed by atoms with Crippen molar-refractivity contribution in [3.8, 4) is 0 Å². The zero-order valence-electron chi connectivity index (χ0n) is 7.15. The van der Waals surface area contributed by atoms with Crippen LogP contribution in [0.2, 0.25) is 5.02 Å². The molecular formula is C9H6ClF3O. The summed E-state index contributed by atoms with van der Waals surface area (Å²) in [6, 6.07) is 1.87. The van der Waals surface area contributed by atoms with Crippen molar-refractivity contribution in [1.82, 2.24) is 0 Å². The van der Waals surface area contributed by atoms with Crippen LogP contribution in [0.3, 0.4) is 0 Å². The van der Waals surface area contributed by atoms with Crippen LogP contribution >= 0.6 is 11.6 Å². The molecule has 0 aliphatic heterocycles. The highest BCUT2D eigenvalue weighted by atomic mass is 35.5. The summed E-state index contributed by atoms with van der Waals surface area (Å²) >= 11 is 5.53. The normalized spacial score (nSPS) is 10.7. The van der Waals surface area contributed by atoms with Crippen molar-refractivity contribution in [3.63, 3.8) is 0 Å². The lowest BCUT2D eigenvalue weighted by molar-refractivity contribution is 0.0674. The van der Waals surface area contributed by atoms with E-state index in [2.05, 4.69) is 0 Å². The average Bonchev–Trinajstić information content (AvgIpc) is 2.10. The summed E-state index contributed by atoms with van der Waals surface area (Å²) < 4.78 is 37.0. The largest absolute Gasteiger partial charge is 0.300 e. The lowest BCUT2D eigenvalue weighted by Gasteiger charge is -2.04. The number of ketones is 1. The molecule has 0 saturated carbocycles. The number of rotatable bonds is 2. The van der Waals surface area contributed by atoms with Crippen LogP contribution in [0.1, 0.15) is 15.9 Å². The lowest BCUT2D eigenvalue weighted by atomic mass is 10.1. The monoisotopic (exact) mass is 222 g/mol. The fraction of sp³-hybridized carbons (Fsp3) is 0.222. The Hall–Kier alpha value is -1.03. The number of benzene rings is 1. The van der Waals surface area contributed by atoms with Crippen molar-refractivity contribution in [2.24, 2.45) is 0 Å². The lowest BCUT2D eigenvalue weighted by Crippen LogP contribution is -2.12. The standard InChI is InChI=1S/C9H6ClF3O/c1-4-2-5(8(14)9(12)13)7(11)3-6(4)10/h2-3,9H,1H3. The summed E-state index contributed by atoms with van der Waals surface area (Å²) in [7, 11) is 0. The molecule has 0 aromatic heterocycles. The molecule has 1 nitrogen and oxygen atoms in total. The highest BCUT2D eigenvalue weighted by molar-refractivity contribution is 6.31. The number of aryl methyl sites for hydroxylation is 1. The minimum Gasteiger partial charge on any atom is -0.288 e. The molecule has 1 aromatic rings. The summed E-state index contributed by atoms with van der Waals surface area (Å²) in [5, 5.41) is 0.105. The van der Waals surface area contributed by atoms with E-state index in [1.165, 1.54) is 6.92 Å². The summed E-state index contributed by atoms with van der Waals surface area (Å²) in [5.74, 6) is -2.55. The second kappa shape index (κ2) is 4.00. The quantitative estimate of drug-likeness (QED) is 0.702. The maximum atomic E-state index is 13.0.